The molecule has 0 radical (unpaired) electrons. The first-order valence-electron chi connectivity index (χ1n) is 3.19. The van der Waals surface area contributed by atoms with Gasteiger partial charge in [-0.3, -0.25) is 8.98 Å². The fraction of sp³-hybridized carbons (Fsp3) is 0.429. The van der Waals surface area contributed by atoms with Crippen molar-refractivity contribution in [2.45, 2.75) is 13.8 Å². The Hall–Kier alpha value is -0.450. The molecular weight excluding hydrogens is 164 g/mol. The minimum atomic E-state index is -3.64. The van der Waals surface area contributed by atoms with Gasteiger partial charge in [-0.1, -0.05) is 6.58 Å². The zero-order chi connectivity index (χ0) is 9.15. The lowest BCUT2D eigenvalue weighted by Crippen LogP contribution is -2.16. The van der Waals surface area contributed by atoms with Crippen LogP contribution in [0.25, 0.3) is 0 Å². The molecule has 0 atom stereocenters. The highest BCUT2D eigenvalue weighted by molar-refractivity contribution is 8.51. The van der Waals surface area contributed by atoms with E-state index in [0.717, 1.165) is 5.41 Å². The minimum Gasteiger partial charge on any atom is -0.301 e. The molecule has 0 unspecified atom stereocenters. The van der Waals surface area contributed by atoms with Gasteiger partial charge in [-0.2, -0.15) is 9.31 Å². The van der Waals surface area contributed by atoms with Crippen LogP contribution in [0.2, 0.25) is 0 Å². The van der Waals surface area contributed by atoms with Crippen LogP contribution < -0.4 is 0 Å². The summed E-state index contributed by atoms with van der Waals surface area (Å²) in [5.74, 6) is 3.38. The van der Waals surface area contributed by atoms with Gasteiger partial charge >= 0.3 is 0 Å². The Morgan fingerprint density at radius 2 is 2.27 bits per heavy atom. The van der Waals surface area contributed by atoms with Gasteiger partial charge in [0.25, 0.3) is 0 Å². The molecule has 1 N–H and O–H groups in total. The van der Waals surface area contributed by atoms with E-state index in [-0.39, 0.29) is 6.61 Å². The molecule has 0 aliphatic carbocycles. The van der Waals surface area contributed by atoms with Crippen LogP contribution in [0.5, 0.6) is 0 Å². The molecule has 0 heterocycles. The smallest absolute Gasteiger partial charge is 0.227 e. The van der Waals surface area contributed by atoms with Crippen LogP contribution in [0, 0.1) is 0 Å². The Morgan fingerprint density at radius 1 is 1.82 bits per heavy atom. The average molecular weight is 178 g/mol. The number of rotatable bonds is 3. The molecule has 0 rings (SSSR count). The first kappa shape index (κ1) is 10.6. The summed E-state index contributed by atoms with van der Waals surface area (Å²) >= 11 is 0. The van der Waals surface area contributed by atoms with E-state index in [1.54, 1.807) is 6.92 Å². The summed E-state index contributed by atoms with van der Waals surface area (Å²) in [7, 11) is -3.64. The van der Waals surface area contributed by atoms with Gasteiger partial charge in [0.2, 0.25) is 5.12 Å². The molecule has 0 saturated heterocycles. The van der Waals surface area contributed by atoms with Gasteiger partial charge in [0, 0.05) is 12.3 Å². The molecule has 11 heavy (non-hydrogen) atoms. The highest BCUT2D eigenvalue weighted by Crippen LogP contribution is 2.55. The second-order valence-corrected chi connectivity index (χ2v) is 5.59. The second-order valence-electron chi connectivity index (χ2n) is 2.19. The van der Waals surface area contributed by atoms with Crippen LogP contribution in [0.15, 0.2) is 12.0 Å². The predicted octanol–water partition coefficient (Wildman–Crippen LogP) is 1.87. The Kier molecular flexibility index (Phi) is 2.77. The van der Waals surface area contributed by atoms with E-state index >= 15 is 0 Å². The maximum atomic E-state index is 10.9. The van der Waals surface area contributed by atoms with Crippen molar-refractivity contribution >= 4 is 20.3 Å². The molecule has 0 fully saturated rings. The highest BCUT2D eigenvalue weighted by atomic mass is 32.3. The van der Waals surface area contributed by atoms with Crippen molar-refractivity contribution in [3.63, 3.8) is 0 Å². The first-order valence-corrected chi connectivity index (χ1v) is 5.34. The predicted molar refractivity (Wildman–Crippen MR) is 49.8 cm³/mol. The van der Waals surface area contributed by atoms with Gasteiger partial charge in [0.15, 0.2) is 0 Å². The van der Waals surface area contributed by atoms with Crippen molar-refractivity contribution < 1.29 is 13.5 Å². The molecule has 0 aliphatic rings. The molecule has 0 aromatic heterocycles. The van der Waals surface area contributed by atoms with Crippen LogP contribution in [0.3, 0.4) is 0 Å². The summed E-state index contributed by atoms with van der Waals surface area (Å²) in [6, 6.07) is 0. The number of carbonyl (C=O) groups is 1. The van der Waals surface area contributed by atoms with E-state index < -0.39 is 14.4 Å². The van der Waals surface area contributed by atoms with Gasteiger partial charge in [-0.15, -0.1) is 0 Å². The Labute approximate surface area is 67.0 Å². The normalized spacial score (nSPS) is 15.0. The topological polar surface area (TPSA) is 46.5 Å². The van der Waals surface area contributed by atoms with Crippen molar-refractivity contribution in [1.29, 1.82) is 0 Å². The monoisotopic (exact) mass is 178 g/mol. The van der Waals surface area contributed by atoms with Gasteiger partial charge in [-0.05, 0) is 12.8 Å². The molecule has 0 spiro atoms. The molecule has 4 heteroatoms. The van der Waals surface area contributed by atoms with E-state index in [2.05, 4.69) is 12.4 Å². The van der Waals surface area contributed by atoms with E-state index in [0.29, 0.717) is 0 Å². The van der Waals surface area contributed by atoms with E-state index in [1.165, 1.54) is 6.92 Å². The summed E-state index contributed by atoms with van der Waals surface area (Å²) in [5, 5.41) is 0.627. The third-order valence-corrected chi connectivity index (χ3v) is 4.02. The fourth-order valence-corrected chi connectivity index (χ4v) is 1.53. The lowest BCUT2D eigenvalue weighted by Gasteiger charge is -2.41. The fourth-order valence-electron chi connectivity index (χ4n) is 0.511. The molecule has 0 aromatic rings. The molecule has 0 saturated carbocycles. The summed E-state index contributed by atoms with van der Waals surface area (Å²) < 4.78 is 14.6. The van der Waals surface area contributed by atoms with Gasteiger partial charge < -0.3 is 4.55 Å². The van der Waals surface area contributed by atoms with Crippen molar-refractivity contribution in [1.82, 2.24) is 0 Å². The van der Waals surface area contributed by atoms with E-state index in [9.17, 15) is 9.35 Å². The number of hydrogen-bond donors (Lipinski definition) is 1. The van der Waals surface area contributed by atoms with Crippen LogP contribution >= 0.6 is 9.31 Å². The Morgan fingerprint density at radius 3 is 2.36 bits per heavy atom. The van der Waals surface area contributed by atoms with Crippen LogP contribution in [0.1, 0.15) is 13.8 Å². The van der Waals surface area contributed by atoms with Gasteiger partial charge in [0.05, 0.1) is 6.61 Å². The van der Waals surface area contributed by atoms with Crippen molar-refractivity contribution in [3.05, 3.63) is 12.0 Å². The maximum Gasteiger partial charge on any atom is 0.227 e. The second kappa shape index (κ2) is 2.89. The summed E-state index contributed by atoms with van der Waals surface area (Å²) in [5.41, 5.74) is 0. The highest BCUT2D eigenvalue weighted by Gasteiger charge is 2.22. The Bertz CT molecular complexity index is 244. The van der Waals surface area contributed by atoms with Crippen molar-refractivity contribution in [2.75, 3.05) is 6.61 Å². The summed E-state index contributed by atoms with van der Waals surface area (Å²) in [6.45, 7) is 6.50. The van der Waals surface area contributed by atoms with Crippen LogP contribution in [-0.4, -0.2) is 22.1 Å². The average Bonchev–Trinajstić information content (AvgIpc) is 1.88. The zero-order valence-electron chi connectivity index (χ0n) is 6.87. The van der Waals surface area contributed by atoms with Crippen LogP contribution in [0.4, 0.5) is 0 Å². The molecule has 0 aromatic carbocycles. The standard InChI is InChI=1S/C7H14O3S/c1-5-10-11(4,9,6-2)7(3)8/h6,9H,2,4-5H2,1,3H3. The lowest BCUT2D eigenvalue weighted by atomic mass is 10.9. The SMILES string of the molecule is C=CS(=C)(O)(OCC)C(C)=O. The largest absolute Gasteiger partial charge is 0.301 e. The van der Waals surface area contributed by atoms with Crippen LogP contribution in [-0.2, 0) is 8.98 Å². The van der Waals surface area contributed by atoms with Gasteiger partial charge in [0.1, 0.15) is 0 Å². The first-order chi connectivity index (χ1) is 4.85. The Balaban J connectivity index is 4.98. The molecule has 3 nitrogen and oxygen atoms in total. The summed E-state index contributed by atoms with van der Waals surface area (Å²) in [4.78, 5) is 10.9. The van der Waals surface area contributed by atoms with E-state index in [4.69, 9.17) is 4.18 Å². The summed E-state index contributed by atoms with van der Waals surface area (Å²) in [6.07, 6.45) is 0. The number of hydrogen-bond acceptors (Lipinski definition) is 3. The zero-order valence-corrected chi connectivity index (χ0v) is 7.69. The third-order valence-electron chi connectivity index (χ3n) is 1.34. The lowest BCUT2D eigenvalue weighted by molar-refractivity contribution is -0.110. The van der Waals surface area contributed by atoms with Crippen molar-refractivity contribution in [2.24, 2.45) is 0 Å². The molecule has 0 amide bonds. The molecule has 66 valence electrons. The molecule has 0 bridgehead atoms. The third kappa shape index (κ3) is 1.99. The quantitative estimate of drug-likeness (QED) is 0.671. The number of carbonyl (C=O) groups excluding carboxylic acids is 1. The van der Waals surface area contributed by atoms with Crippen molar-refractivity contribution in [3.8, 4) is 0 Å². The minimum absolute atomic E-state index is 0.244. The van der Waals surface area contributed by atoms with E-state index in [1.807, 2.05) is 0 Å². The molecular formula is C7H14O3S. The molecule has 0 aliphatic heterocycles. The van der Waals surface area contributed by atoms with Gasteiger partial charge in [-0.25, -0.2) is 0 Å². The maximum absolute atomic E-state index is 10.9.